The van der Waals surface area contributed by atoms with Crippen molar-refractivity contribution in [2.24, 2.45) is 11.7 Å². The second-order valence-corrected chi connectivity index (χ2v) is 11.5. The van der Waals surface area contributed by atoms with Gasteiger partial charge in [0, 0.05) is 29.3 Å². The number of halogens is 5. The Morgan fingerprint density at radius 3 is 2.45 bits per heavy atom. The van der Waals surface area contributed by atoms with E-state index in [4.69, 9.17) is 15.2 Å². The van der Waals surface area contributed by atoms with Crippen LogP contribution in [0.3, 0.4) is 0 Å². The van der Waals surface area contributed by atoms with Crippen LogP contribution in [0.2, 0.25) is 0 Å². The third-order valence-electron chi connectivity index (χ3n) is 6.81. The molecule has 3 N–H and O–H groups in total. The quantitative estimate of drug-likeness (QED) is 0.516. The van der Waals surface area contributed by atoms with Crippen molar-refractivity contribution in [2.75, 3.05) is 16.8 Å². The van der Waals surface area contributed by atoms with E-state index in [-0.39, 0.29) is 16.9 Å². The number of carbonyl (C=O) groups is 2. The average molecular weight is 564 g/mol. The summed E-state index contributed by atoms with van der Waals surface area (Å²) in [5, 5.41) is 2.34. The normalized spacial score (nSPS) is 27.0. The molecule has 2 aliphatic rings. The lowest BCUT2D eigenvalue weighted by atomic mass is 9.77. The number of nitrogens with two attached hydrogens (primary N) is 1. The van der Waals surface area contributed by atoms with Gasteiger partial charge in [-0.3, -0.25) is 14.6 Å². The van der Waals surface area contributed by atoms with Crippen molar-refractivity contribution in [1.29, 1.82) is 0 Å². The van der Waals surface area contributed by atoms with Crippen LogP contribution in [0.25, 0.3) is 0 Å². The molecule has 3 heterocycles. The first-order chi connectivity index (χ1) is 17.5. The molecule has 9 nitrogen and oxygen atoms in total. The minimum atomic E-state index is -4.98. The zero-order valence-corrected chi connectivity index (χ0v) is 20.7. The summed E-state index contributed by atoms with van der Waals surface area (Å²) < 4.78 is 105. The number of rotatable bonds is 6. The number of sulfone groups is 1. The summed E-state index contributed by atoms with van der Waals surface area (Å²) in [7, 11) is -3.44. The molecule has 0 bridgehead atoms. The fourth-order valence-corrected chi connectivity index (χ4v) is 5.73. The van der Waals surface area contributed by atoms with Crippen LogP contribution in [0.4, 0.5) is 27.6 Å². The maximum absolute atomic E-state index is 14.9. The zero-order valence-electron chi connectivity index (χ0n) is 19.9. The van der Waals surface area contributed by atoms with Crippen molar-refractivity contribution < 1.29 is 49.4 Å². The monoisotopic (exact) mass is 563 g/mol. The predicted molar refractivity (Wildman–Crippen MR) is 122 cm³/mol. The van der Waals surface area contributed by atoms with Gasteiger partial charge in [-0.25, -0.2) is 12.8 Å². The van der Waals surface area contributed by atoms with E-state index in [1.54, 1.807) is 0 Å². The minimum Gasteiger partial charge on any atom is -0.485 e. The highest BCUT2D eigenvalue weighted by Crippen LogP contribution is 2.55. The Morgan fingerprint density at radius 1 is 1.21 bits per heavy atom. The smallest absolute Gasteiger partial charge is 0.417 e. The second-order valence-electron chi connectivity index (χ2n) is 9.34. The Balaban J connectivity index is 1.76. The van der Waals surface area contributed by atoms with Crippen molar-refractivity contribution in [3.05, 3.63) is 53.4 Å². The number of amides is 2. The van der Waals surface area contributed by atoms with Gasteiger partial charge in [0.25, 0.3) is 11.8 Å². The molecule has 38 heavy (non-hydrogen) atoms. The molecule has 0 radical (unpaired) electrons. The predicted octanol–water partition coefficient (Wildman–Crippen LogP) is 2.71. The summed E-state index contributed by atoms with van der Waals surface area (Å²) in [6.07, 6.45) is -6.78. The number of anilines is 1. The van der Waals surface area contributed by atoms with Gasteiger partial charge >= 0.3 is 6.18 Å². The average Bonchev–Trinajstić information content (AvgIpc) is 3.08. The van der Waals surface area contributed by atoms with E-state index in [0.717, 1.165) is 32.2 Å². The zero-order chi connectivity index (χ0) is 28.2. The molecule has 0 unspecified atom stereocenters. The number of nitrogens with one attached hydrogen (secondary N) is 1. The van der Waals surface area contributed by atoms with Gasteiger partial charge in [0.15, 0.2) is 27.0 Å². The number of benzene rings is 1. The summed E-state index contributed by atoms with van der Waals surface area (Å²) in [5.74, 6) is -9.74. The van der Waals surface area contributed by atoms with E-state index in [2.05, 4.69) is 10.3 Å². The van der Waals surface area contributed by atoms with Crippen LogP contribution < -0.4 is 15.8 Å². The van der Waals surface area contributed by atoms with Gasteiger partial charge in [0.05, 0.1) is 11.5 Å². The van der Waals surface area contributed by atoms with Crippen LogP contribution in [-0.2, 0) is 19.4 Å². The second kappa shape index (κ2) is 9.45. The Kier molecular flexibility index (Phi) is 6.89. The highest BCUT2D eigenvalue weighted by atomic mass is 32.2. The Morgan fingerprint density at radius 2 is 1.87 bits per heavy atom. The number of pyridine rings is 1. The lowest BCUT2D eigenvalue weighted by Crippen LogP contribution is -2.47. The third-order valence-corrected chi connectivity index (χ3v) is 8.57. The summed E-state index contributed by atoms with van der Waals surface area (Å²) in [4.78, 5) is 28.4. The van der Waals surface area contributed by atoms with Gasteiger partial charge in [-0.2, -0.15) is 17.6 Å². The molecule has 2 fully saturated rings. The maximum atomic E-state index is 14.9. The minimum absolute atomic E-state index is 0.0316. The molecule has 0 aliphatic carbocycles. The highest BCUT2D eigenvalue weighted by Gasteiger charge is 2.66. The molecular weight excluding hydrogens is 541 g/mol. The summed E-state index contributed by atoms with van der Waals surface area (Å²) in [6.45, 7) is 1.87. The number of aromatic nitrogens is 1. The molecule has 15 heteroatoms. The number of hydrogen-bond acceptors (Lipinski definition) is 7. The molecule has 1 aromatic heterocycles. The van der Waals surface area contributed by atoms with Crippen molar-refractivity contribution in [1.82, 2.24) is 4.98 Å². The molecule has 1 aromatic carbocycles. The van der Waals surface area contributed by atoms with Gasteiger partial charge < -0.3 is 20.5 Å². The van der Waals surface area contributed by atoms with E-state index >= 15 is 0 Å². The number of carbonyl (C=O) groups excluding carboxylic acids is 2. The van der Waals surface area contributed by atoms with Crippen molar-refractivity contribution in [3.63, 3.8) is 0 Å². The van der Waals surface area contributed by atoms with Gasteiger partial charge in [-0.1, -0.05) is 13.0 Å². The van der Waals surface area contributed by atoms with Gasteiger partial charge in [-0.05, 0) is 25.1 Å². The number of ether oxygens (including phenoxy) is 2. The molecule has 206 valence electrons. The van der Waals surface area contributed by atoms with E-state index in [1.165, 1.54) is 6.07 Å². The molecule has 2 saturated heterocycles. The van der Waals surface area contributed by atoms with E-state index < -0.39 is 86.4 Å². The van der Waals surface area contributed by atoms with Crippen LogP contribution >= 0.6 is 0 Å². The van der Waals surface area contributed by atoms with Crippen LogP contribution in [0, 0.1) is 17.6 Å². The summed E-state index contributed by atoms with van der Waals surface area (Å²) in [6, 6.07) is 4.00. The number of nitrogens with zero attached hydrogens (tertiary/aromatic N) is 1. The first-order valence-corrected chi connectivity index (χ1v) is 13.0. The lowest BCUT2D eigenvalue weighted by molar-refractivity contribution is -0.272. The standard InChI is InChI=1S/C23H22F5N3O6S/c1-10-16(13-3-4-14(24)17(25)18(13)36-12-8-38(34,35)9-12)19(37-22(10,2)23(26,27)28)21(33)31-11-5-6-30-15(7-11)20(29)32/h3-7,10,12,16,19H,8-9H2,1-2H3,(H2,29,32)(H,30,31,33)/t10-,16-,19+,22+/m0/s1. The van der Waals surface area contributed by atoms with Crippen LogP contribution in [0.15, 0.2) is 30.5 Å². The highest BCUT2D eigenvalue weighted by molar-refractivity contribution is 7.92. The lowest BCUT2D eigenvalue weighted by Gasteiger charge is -2.32. The number of hydrogen-bond donors (Lipinski definition) is 2. The first kappa shape index (κ1) is 27.7. The first-order valence-electron chi connectivity index (χ1n) is 11.2. The largest absolute Gasteiger partial charge is 0.485 e. The Hall–Kier alpha value is -3.33. The molecule has 4 atom stereocenters. The van der Waals surface area contributed by atoms with E-state index in [1.807, 2.05) is 0 Å². The van der Waals surface area contributed by atoms with Crippen LogP contribution in [0.1, 0.15) is 35.8 Å². The fourth-order valence-electron chi connectivity index (χ4n) is 4.56. The molecule has 2 aromatic rings. The Bertz CT molecular complexity index is 1390. The summed E-state index contributed by atoms with van der Waals surface area (Å²) in [5.41, 5.74) is 1.71. The molecule has 4 rings (SSSR count). The van der Waals surface area contributed by atoms with Crippen LogP contribution in [0.5, 0.6) is 5.75 Å². The van der Waals surface area contributed by atoms with Gasteiger partial charge in [0.1, 0.15) is 17.9 Å². The van der Waals surface area contributed by atoms with Crippen LogP contribution in [-0.4, -0.2) is 60.7 Å². The third kappa shape index (κ3) is 4.91. The fraction of sp³-hybridized carbons (Fsp3) is 0.435. The topological polar surface area (TPSA) is 138 Å². The van der Waals surface area contributed by atoms with Gasteiger partial charge in [0.2, 0.25) is 5.82 Å². The molecule has 2 amide bonds. The van der Waals surface area contributed by atoms with Crippen molar-refractivity contribution in [3.8, 4) is 5.75 Å². The maximum Gasteiger partial charge on any atom is 0.417 e. The summed E-state index contributed by atoms with van der Waals surface area (Å²) >= 11 is 0. The molecule has 0 spiro atoms. The number of primary amides is 1. The molecule has 2 aliphatic heterocycles. The van der Waals surface area contributed by atoms with Gasteiger partial charge in [-0.15, -0.1) is 0 Å². The number of alkyl halides is 3. The van der Waals surface area contributed by atoms with E-state index in [0.29, 0.717) is 6.07 Å². The van der Waals surface area contributed by atoms with Crippen molar-refractivity contribution in [2.45, 2.75) is 43.8 Å². The molecule has 0 saturated carbocycles. The molecular formula is C23H22F5N3O6S. The SMILES string of the molecule is C[C@H]1[C@@H](c2ccc(F)c(F)c2OC2CS(=O)(=O)C2)[C@H](C(=O)Nc2ccnc(C(N)=O)c2)O[C@@]1(C)C(F)(F)F. The van der Waals surface area contributed by atoms with Crippen molar-refractivity contribution >= 4 is 27.3 Å². The Labute approximate surface area is 213 Å². The van der Waals surface area contributed by atoms with E-state index in [9.17, 15) is 40.0 Å².